The number of hydrogen-bond acceptors (Lipinski definition) is 3. The van der Waals surface area contributed by atoms with Gasteiger partial charge < -0.3 is 14.8 Å². The van der Waals surface area contributed by atoms with Crippen LogP contribution in [0.15, 0.2) is 24.4 Å². The number of benzene rings is 1. The second-order valence-electron chi connectivity index (χ2n) is 3.33. The number of fused-ring (bicyclic) bond motifs is 1. The lowest BCUT2D eigenvalue weighted by Gasteiger charge is -2.09. The van der Waals surface area contributed by atoms with Gasteiger partial charge in [0, 0.05) is 22.7 Å². The van der Waals surface area contributed by atoms with Crippen LogP contribution >= 0.6 is 0 Å². The summed E-state index contributed by atoms with van der Waals surface area (Å²) in [6.07, 6.45) is -0.00787. The number of carbonyl (C=O) groups excluding carboxylic acids is 1. The van der Waals surface area contributed by atoms with Crippen LogP contribution in [0.3, 0.4) is 0 Å². The molecule has 5 heteroatoms. The van der Waals surface area contributed by atoms with Gasteiger partial charge in [-0.2, -0.15) is 0 Å². The minimum absolute atomic E-state index is 0.0843. The van der Waals surface area contributed by atoms with Crippen LogP contribution in [0.4, 0.5) is 4.39 Å². The number of esters is 1. The van der Waals surface area contributed by atoms with E-state index in [9.17, 15) is 14.3 Å². The lowest BCUT2D eigenvalue weighted by Crippen LogP contribution is -2.14. The fraction of sp³-hybridized carbons (Fsp3) is 0.182. The lowest BCUT2D eigenvalue weighted by molar-refractivity contribution is -0.150. The fourth-order valence-electron chi connectivity index (χ4n) is 1.56. The Balaban J connectivity index is 2.52. The standard InChI is InChI=1S/C11H10FNO3/c1-16-11(15)10(14)7-2-3-8-6(9(7)12)4-5-13-8/h2-5,10,13-14H,1H3. The number of methoxy groups -OCH3 is 1. The van der Waals surface area contributed by atoms with Gasteiger partial charge in [-0.25, -0.2) is 9.18 Å². The molecule has 16 heavy (non-hydrogen) atoms. The van der Waals surface area contributed by atoms with Gasteiger partial charge in [0.15, 0.2) is 6.10 Å². The van der Waals surface area contributed by atoms with E-state index in [1.54, 1.807) is 12.3 Å². The molecule has 0 saturated carbocycles. The molecular formula is C11H10FNO3. The zero-order chi connectivity index (χ0) is 11.7. The van der Waals surface area contributed by atoms with Gasteiger partial charge in [0.25, 0.3) is 0 Å². The molecule has 1 heterocycles. The van der Waals surface area contributed by atoms with Gasteiger partial charge >= 0.3 is 5.97 Å². The monoisotopic (exact) mass is 223 g/mol. The molecule has 0 amide bonds. The first kappa shape index (κ1) is 10.6. The number of aliphatic hydroxyl groups is 1. The summed E-state index contributed by atoms with van der Waals surface area (Å²) in [7, 11) is 1.14. The maximum absolute atomic E-state index is 13.9. The molecule has 0 aliphatic heterocycles. The first-order chi connectivity index (χ1) is 7.65. The summed E-state index contributed by atoms with van der Waals surface area (Å²) in [5, 5.41) is 9.88. The Morgan fingerprint density at radius 1 is 1.50 bits per heavy atom. The van der Waals surface area contributed by atoms with E-state index in [4.69, 9.17) is 0 Å². The number of hydrogen-bond donors (Lipinski definition) is 2. The van der Waals surface area contributed by atoms with E-state index in [-0.39, 0.29) is 5.56 Å². The molecule has 2 rings (SSSR count). The molecule has 0 bridgehead atoms. The van der Waals surface area contributed by atoms with E-state index in [1.165, 1.54) is 12.1 Å². The van der Waals surface area contributed by atoms with Gasteiger partial charge in [-0.05, 0) is 12.1 Å². The highest BCUT2D eigenvalue weighted by molar-refractivity contribution is 5.83. The minimum atomic E-state index is -1.59. The summed E-state index contributed by atoms with van der Waals surface area (Å²) >= 11 is 0. The van der Waals surface area contributed by atoms with Gasteiger partial charge in [0.05, 0.1) is 7.11 Å². The number of rotatable bonds is 2. The van der Waals surface area contributed by atoms with Crippen LogP contribution < -0.4 is 0 Å². The molecule has 2 N–H and O–H groups in total. The zero-order valence-electron chi connectivity index (χ0n) is 8.53. The van der Waals surface area contributed by atoms with Crippen molar-refractivity contribution in [2.75, 3.05) is 7.11 Å². The fourth-order valence-corrected chi connectivity index (χ4v) is 1.56. The smallest absolute Gasteiger partial charge is 0.339 e. The number of carbonyl (C=O) groups is 1. The van der Waals surface area contributed by atoms with Crippen LogP contribution in [0.2, 0.25) is 0 Å². The number of halogens is 1. The van der Waals surface area contributed by atoms with Crippen LogP contribution in [0.1, 0.15) is 11.7 Å². The summed E-state index contributed by atoms with van der Waals surface area (Å²) in [5.74, 6) is -1.49. The Bertz CT molecular complexity index is 535. The number of aromatic amines is 1. The van der Waals surface area contributed by atoms with Crippen LogP contribution in [0.25, 0.3) is 10.9 Å². The normalized spacial score (nSPS) is 12.7. The average molecular weight is 223 g/mol. The Morgan fingerprint density at radius 3 is 2.94 bits per heavy atom. The van der Waals surface area contributed by atoms with Crippen LogP contribution in [0, 0.1) is 5.82 Å². The highest BCUT2D eigenvalue weighted by atomic mass is 19.1. The highest BCUT2D eigenvalue weighted by Crippen LogP contribution is 2.25. The maximum Gasteiger partial charge on any atom is 0.339 e. The van der Waals surface area contributed by atoms with Crippen LogP contribution in [-0.4, -0.2) is 23.2 Å². The van der Waals surface area contributed by atoms with Crippen molar-refractivity contribution in [2.24, 2.45) is 0 Å². The highest BCUT2D eigenvalue weighted by Gasteiger charge is 2.22. The van der Waals surface area contributed by atoms with Crippen molar-refractivity contribution in [1.29, 1.82) is 0 Å². The SMILES string of the molecule is COC(=O)C(O)c1ccc2[nH]ccc2c1F. The first-order valence-electron chi connectivity index (χ1n) is 4.66. The van der Waals surface area contributed by atoms with Crippen molar-refractivity contribution in [3.05, 3.63) is 35.8 Å². The van der Waals surface area contributed by atoms with Gasteiger partial charge in [-0.1, -0.05) is 6.07 Å². The third kappa shape index (κ3) is 1.55. The zero-order valence-corrected chi connectivity index (χ0v) is 8.53. The molecule has 0 saturated heterocycles. The Hall–Kier alpha value is -1.88. The summed E-state index contributed by atoms with van der Waals surface area (Å²) in [6.45, 7) is 0. The molecular weight excluding hydrogens is 213 g/mol. The van der Waals surface area contributed by atoms with Crippen molar-refractivity contribution in [3.63, 3.8) is 0 Å². The number of nitrogens with one attached hydrogen (secondary N) is 1. The predicted molar refractivity (Wildman–Crippen MR) is 55.2 cm³/mol. The molecule has 0 aliphatic carbocycles. The topological polar surface area (TPSA) is 62.3 Å². The van der Waals surface area contributed by atoms with E-state index in [2.05, 4.69) is 9.72 Å². The Labute approximate surface area is 90.7 Å². The second-order valence-corrected chi connectivity index (χ2v) is 3.33. The molecule has 1 aromatic carbocycles. The van der Waals surface area contributed by atoms with Crippen molar-refractivity contribution >= 4 is 16.9 Å². The van der Waals surface area contributed by atoms with Crippen molar-refractivity contribution in [3.8, 4) is 0 Å². The number of aliphatic hydroxyl groups excluding tert-OH is 1. The molecule has 1 atom stereocenters. The van der Waals surface area contributed by atoms with Crippen molar-refractivity contribution in [2.45, 2.75) is 6.10 Å². The van der Waals surface area contributed by atoms with E-state index in [0.29, 0.717) is 10.9 Å². The van der Waals surface area contributed by atoms with Gasteiger partial charge in [0.2, 0.25) is 0 Å². The molecule has 84 valence electrons. The molecule has 4 nitrogen and oxygen atoms in total. The van der Waals surface area contributed by atoms with E-state index in [0.717, 1.165) is 7.11 Å². The van der Waals surface area contributed by atoms with Gasteiger partial charge in [0.1, 0.15) is 5.82 Å². The lowest BCUT2D eigenvalue weighted by atomic mass is 10.1. The summed E-state index contributed by atoms with van der Waals surface area (Å²) in [5.41, 5.74) is 0.525. The van der Waals surface area contributed by atoms with Crippen LogP contribution in [-0.2, 0) is 9.53 Å². The first-order valence-corrected chi connectivity index (χ1v) is 4.66. The Kier molecular flexibility index (Phi) is 2.62. The number of aromatic nitrogens is 1. The average Bonchev–Trinajstić information content (AvgIpc) is 2.76. The van der Waals surface area contributed by atoms with Gasteiger partial charge in [-0.15, -0.1) is 0 Å². The molecule has 0 radical (unpaired) electrons. The largest absolute Gasteiger partial charge is 0.467 e. The van der Waals surface area contributed by atoms with Crippen LogP contribution in [0.5, 0.6) is 0 Å². The molecule has 2 aromatic rings. The van der Waals surface area contributed by atoms with Crippen molar-refractivity contribution in [1.82, 2.24) is 4.98 Å². The van der Waals surface area contributed by atoms with E-state index < -0.39 is 17.9 Å². The number of ether oxygens (including phenoxy) is 1. The summed E-state index contributed by atoms with van der Waals surface area (Å²) in [4.78, 5) is 13.9. The summed E-state index contributed by atoms with van der Waals surface area (Å²) < 4.78 is 18.2. The van der Waals surface area contributed by atoms with E-state index in [1.807, 2.05) is 0 Å². The molecule has 0 aliphatic rings. The second kappa shape index (κ2) is 3.94. The molecule has 0 fully saturated rings. The third-order valence-corrected chi connectivity index (χ3v) is 2.42. The van der Waals surface area contributed by atoms with Gasteiger partial charge in [-0.3, -0.25) is 0 Å². The molecule has 1 aromatic heterocycles. The molecule has 0 spiro atoms. The van der Waals surface area contributed by atoms with E-state index >= 15 is 0 Å². The minimum Gasteiger partial charge on any atom is -0.467 e. The summed E-state index contributed by atoms with van der Waals surface area (Å²) in [6, 6.07) is 4.49. The quantitative estimate of drug-likeness (QED) is 0.758. The third-order valence-electron chi connectivity index (χ3n) is 2.42. The number of H-pyrrole nitrogens is 1. The molecule has 1 unspecified atom stereocenters. The van der Waals surface area contributed by atoms with Crippen molar-refractivity contribution < 1.29 is 19.0 Å². The Morgan fingerprint density at radius 2 is 2.25 bits per heavy atom. The predicted octanol–water partition coefficient (Wildman–Crippen LogP) is 1.51. The maximum atomic E-state index is 13.9.